The summed E-state index contributed by atoms with van der Waals surface area (Å²) in [6, 6.07) is 2.18. The van der Waals surface area contributed by atoms with Crippen LogP contribution in [0.5, 0.6) is 0 Å². The fourth-order valence-corrected chi connectivity index (χ4v) is 3.14. The van der Waals surface area contributed by atoms with Crippen molar-refractivity contribution >= 4 is 15.9 Å². The molecule has 4 nitrogen and oxygen atoms in total. The number of nitrogens with zero attached hydrogens (tertiary/aromatic N) is 2. The minimum Gasteiger partial charge on any atom is -0.466 e. The van der Waals surface area contributed by atoms with Crippen LogP contribution in [-0.4, -0.2) is 16.3 Å². The molecule has 2 aromatic heterocycles. The molecule has 0 aliphatic heterocycles. The van der Waals surface area contributed by atoms with Crippen molar-refractivity contribution in [1.29, 1.82) is 0 Å². The summed E-state index contributed by atoms with van der Waals surface area (Å²) in [7, 11) is 2.00. The summed E-state index contributed by atoms with van der Waals surface area (Å²) in [6.45, 7) is 7.38. The number of hydrogen-bond acceptors (Lipinski definition) is 3. The highest BCUT2D eigenvalue weighted by Crippen LogP contribution is 2.28. The number of furan rings is 1. The molecule has 0 aliphatic carbocycles. The first kappa shape index (κ1) is 16.3. The second-order valence-electron chi connectivity index (χ2n) is 5.45. The van der Waals surface area contributed by atoms with Crippen molar-refractivity contribution < 1.29 is 4.42 Å². The molecule has 2 rings (SSSR count). The number of aromatic nitrogens is 2. The zero-order chi connectivity index (χ0) is 15.4. The topological polar surface area (TPSA) is 43.0 Å². The second kappa shape index (κ2) is 7.27. The van der Waals surface area contributed by atoms with Crippen LogP contribution in [-0.2, 0) is 13.5 Å². The Morgan fingerprint density at radius 1 is 1.43 bits per heavy atom. The molecule has 1 atom stereocenters. The molecular weight excluding hydrogens is 330 g/mol. The highest BCUT2D eigenvalue weighted by molar-refractivity contribution is 9.10. The van der Waals surface area contributed by atoms with Gasteiger partial charge >= 0.3 is 0 Å². The zero-order valence-electron chi connectivity index (χ0n) is 13.2. The molecule has 0 fully saturated rings. The second-order valence-corrected chi connectivity index (χ2v) is 6.31. The van der Waals surface area contributed by atoms with Gasteiger partial charge in [0.2, 0.25) is 0 Å². The van der Waals surface area contributed by atoms with E-state index in [4.69, 9.17) is 4.42 Å². The minimum atomic E-state index is 0.230. The highest BCUT2D eigenvalue weighted by atomic mass is 79.9. The van der Waals surface area contributed by atoms with Crippen LogP contribution in [0.3, 0.4) is 0 Å². The van der Waals surface area contributed by atoms with Gasteiger partial charge in [-0.15, -0.1) is 0 Å². The molecular formula is C16H24BrN3O. The van der Waals surface area contributed by atoms with Gasteiger partial charge in [0.15, 0.2) is 0 Å². The standard InChI is InChI=1S/C16H24BrN3O/c1-5-9-18-15(16-14(17)8-10-21-16)7-6-13-11(2)19-20(4)12(13)3/h8,10,15,18H,5-7,9H2,1-4H3. The maximum absolute atomic E-state index is 5.65. The van der Waals surface area contributed by atoms with E-state index >= 15 is 0 Å². The molecule has 2 aromatic rings. The lowest BCUT2D eigenvalue weighted by atomic mass is 10.0. The number of rotatable bonds is 7. The Labute approximate surface area is 135 Å². The Hall–Kier alpha value is -1.07. The van der Waals surface area contributed by atoms with E-state index in [2.05, 4.69) is 47.1 Å². The third-order valence-electron chi connectivity index (χ3n) is 3.94. The third-order valence-corrected chi connectivity index (χ3v) is 4.60. The van der Waals surface area contributed by atoms with Crippen molar-refractivity contribution in [2.45, 2.75) is 46.1 Å². The van der Waals surface area contributed by atoms with Gasteiger partial charge in [0.25, 0.3) is 0 Å². The smallest absolute Gasteiger partial charge is 0.134 e. The number of halogens is 1. The van der Waals surface area contributed by atoms with Crippen LogP contribution in [0.4, 0.5) is 0 Å². The van der Waals surface area contributed by atoms with Crippen molar-refractivity contribution in [3.8, 4) is 0 Å². The summed E-state index contributed by atoms with van der Waals surface area (Å²) >= 11 is 3.57. The Bertz CT molecular complexity index is 588. The number of hydrogen-bond donors (Lipinski definition) is 1. The lowest BCUT2D eigenvalue weighted by Crippen LogP contribution is -2.22. The van der Waals surface area contributed by atoms with Gasteiger partial charge in [-0.2, -0.15) is 5.10 Å². The van der Waals surface area contributed by atoms with E-state index < -0.39 is 0 Å². The fourth-order valence-electron chi connectivity index (χ4n) is 2.67. The molecule has 0 aromatic carbocycles. The average molecular weight is 354 g/mol. The van der Waals surface area contributed by atoms with E-state index in [1.165, 1.54) is 11.3 Å². The molecule has 0 saturated heterocycles. The first-order chi connectivity index (χ1) is 10.0. The molecule has 5 heteroatoms. The molecule has 0 radical (unpaired) electrons. The Balaban J connectivity index is 2.10. The van der Waals surface area contributed by atoms with E-state index in [0.29, 0.717) is 0 Å². The molecule has 21 heavy (non-hydrogen) atoms. The maximum atomic E-state index is 5.65. The first-order valence-electron chi connectivity index (χ1n) is 7.50. The molecule has 0 amide bonds. The molecule has 0 spiro atoms. The Morgan fingerprint density at radius 2 is 2.19 bits per heavy atom. The van der Waals surface area contributed by atoms with Gasteiger partial charge in [0.05, 0.1) is 22.5 Å². The van der Waals surface area contributed by atoms with Crippen LogP contribution in [0.15, 0.2) is 21.2 Å². The van der Waals surface area contributed by atoms with Crippen molar-refractivity contribution in [3.63, 3.8) is 0 Å². The monoisotopic (exact) mass is 353 g/mol. The van der Waals surface area contributed by atoms with Crippen molar-refractivity contribution in [3.05, 3.63) is 39.5 Å². The summed E-state index contributed by atoms with van der Waals surface area (Å²) in [5.74, 6) is 0.989. The molecule has 0 bridgehead atoms. The lowest BCUT2D eigenvalue weighted by molar-refractivity contribution is 0.393. The molecule has 116 valence electrons. The van der Waals surface area contributed by atoms with Gasteiger partial charge in [-0.1, -0.05) is 6.92 Å². The van der Waals surface area contributed by atoms with Crippen molar-refractivity contribution in [1.82, 2.24) is 15.1 Å². The summed E-state index contributed by atoms with van der Waals surface area (Å²) in [5, 5.41) is 8.07. The predicted molar refractivity (Wildman–Crippen MR) is 88.4 cm³/mol. The number of aryl methyl sites for hydroxylation is 2. The van der Waals surface area contributed by atoms with Gasteiger partial charge < -0.3 is 9.73 Å². The summed E-state index contributed by atoms with van der Waals surface area (Å²) < 4.78 is 8.65. The van der Waals surface area contributed by atoms with Crippen LogP contribution in [0.25, 0.3) is 0 Å². The average Bonchev–Trinajstić information content (AvgIpc) is 2.97. The van der Waals surface area contributed by atoms with E-state index in [1.807, 2.05) is 17.8 Å². The van der Waals surface area contributed by atoms with E-state index in [1.54, 1.807) is 6.26 Å². The van der Waals surface area contributed by atoms with E-state index in [-0.39, 0.29) is 6.04 Å². The summed E-state index contributed by atoms with van der Waals surface area (Å²) in [4.78, 5) is 0. The Morgan fingerprint density at radius 3 is 2.71 bits per heavy atom. The van der Waals surface area contributed by atoms with Crippen molar-refractivity contribution in [2.75, 3.05) is 6.54 Å². The van der Waals surface area contributed by atoms with Crippen molar-refractivity contribution in [2.24, 2.45) is 7.05 Å². The summed E-state index contributed by atoms with van der Waals surface area (Å²) in [6.07, 6.45) is 4.85. The molecule has 0 saturated carbocycles. The van der Waals surface area contributed by atoms with Gasteiger partial charge in [-0.25, -0.2) is 0 Å². The van der Waals surface area contributed by atoms with Gasteiger partial charge in [0, 0.05) is 12.7 Å². The molecule has 2 heterocycles. The highest BCUT2D eigenvalue weighted by Gasteiger charge is 2.19. The largest absolute Gasteiger partial charge is 0.466 e. The van der Waals surface area contributed by atoms with E-state index in [9.17, 15) is 0 Å². The van der Waals surface area contributed by atoms with Crippen LogP contribution in [0.1, 0.15) is 48.5 Å². The SMILES string of the molecule is CCCNC(CCc1c(C)nn(C)c1C)c1occc1Br. The fraction of sp³-hybridized carbons (Fsp3) is 0.562. The van der Waals surface area contributed by atoms with Gasteiger partial charge in [-0.05, 0) is 67.2 Å². The molecule has 1 N–H and O–H groups in total. The minimum absolute atomic E-state index is 0.230. The van der Waals surface area contributed by atoms with E-state index in [0.717, 1.165) is 41.7 Å². The predicted octanol–water partition coefficient (Wildman–Crippen LogP) is 4.07. The normalized spacial score (nSPS) is 12.8. The maximum Gasteiger partial charge on any atom is 0.134 e. The third kappa shape index (κ3) is 3.77. The Kier molecular flexibility index (Phi) is 5.65. The zero-order valence-corrected chi connectivity index (χ0v) is 14.8. The summed E-state index contributed by atoms with van der Waals surface area (Å²) in [5.41, 5.74) is 3.73. The number of nitrogens with one attached hydrogen (secondary N) is 1. The lowest BCUT2D eigenvalue weighted by Gasteiger charge is -2.17. The van der Waals surface area contributed by atoms with Crippen LogP contribution in [0.2, 0.25) is 0 Å². The van der Waals surface area contributed by atoms with Gasteiger partial charge in [0.1, 0.15) is 5.76 Å². The van der Waals surface area contributed by atoms with Crippen LogP contribution < -0.4 is 5.32 Å². The molecule has 1 unspecified atom stereocenters. The first-order valence-corrected chi connectivity index (χ1v) is 8.29. The quantitative estimate of drug-likeness (QED) is 0.815. The van der Waals surface area contributed by atoms with Crippen LogP contribution in [0, 0.1) is 13.8 Å². The van der Waals surface area contributed by atoms with Gasteiger partial charge in [-0.3, -0.25) is 4.68 Å². The molecule has 0 aliphatic rings. The van der Waals surface area contributed by atoms with Crippen LogP contribution >= 0.6 is 15.9 Å².